The van der Waals surface area contributed by atoms with Crippen molar-refractivity contribution < 1.29 is 4.74 Å². The standard InChI is InChI=1S/C19H27N3O/c1-16(2)22-12-10-21(11-13-22)15-17-6-3-4-8-19(17)23-18-7-5-9-20-14-18/h5-9,14,16H,3-4,10-13,15H2,1-2H3. The van der Waals surface area contributed by atoms with Gasteiger partial charge in [0.2, 0.25) is 0 Å². The average Bonchev–Trinajstić information content (AvgIpc) is 2.58. The van der Waals surface area contributed by atoms with E-state index in [1.54, 1.807) is 12.4 Å². The molecule has 1 aliphatic carbocycles. The van der Waals surface area contributed by atoms with Crippen LogP contribution in [0.4, 0.5) is 0 Å². The van der Waals surface area contributed by atoms with Gasteiger partial charge in [-0.25, -0.2) is 0 Å². The minimum atomic E-state index is 0.649. The van der Waals surface area contributed by atoms with Gasteiger partial charge in [-0.2, -0.15) is 0 Å². The molecule has 0 unspecified atom stereocenters. The molecule has 1 saturated heterocycles. The number of ether oxygens (including phenoxy) is 1. The van der Waals surface area contributed by atoms with E-state index in [-0.39, 0.29) is 0 Å². The first kappa shape index (κ1) is 16.2. The third-order valence-corrected chi connectivity index (χ3v) is 4.60. The summed E-state index contributed by atoms with van der Waals surface area (Å²) in [6.07, 6.45) is 10.3. The van der Waals surface area contributed by atoms with Crippen LogP contribution in [0.1, 0.15) is 26.7 Å². The lowest BCUT2D eigenvalue weighted by atomic mass is 10.0. The van der Waals surface area contributed by atoms with Crippen LogP contribution >= 0.6 is 0 Å². The maximum atomic E-state index is 6.06. The molecule has 0 spiro atoms. The quantitative estimate of drug-likeness (QED) is 0.835. The lowest BCUT2D eigenvalue weighted by Crippen LogP contribution is -2.49. The van der Waals surface area contributed by atoms with Crippen molar-refractivity contribution in [3.05, 3.63) is 48.0 Å². The van der Waals surface area contributed by atoms with Crippen LogP contribution in [-0.4, -0.2) is 53.5 Å². The van der Waals surface area contributed by atoms with Gasteiger partial charge in [0.1, 0.15) is 11.5 Å². The number of pyridine rings is 1. The Labute approximate surface area is 139 Å². The van der Waals surface area contributed by atoms with Crippen molar-refractivity contribution >= 4 is 0 Å². The van der Waals surface area contributed by atoms with Crippen LogP contribution in [0.2, 0.25) is 0 Å². The number of aromatic nitrogens is 1. The Morgan fingerprint density at radius 1 is 1.13 bits per heavy atom. The third-order valence-electron chi connectivity index (χ3n) is 4.60. The second-order valence-electron chi connectivity index (χ2n) is 6.57. The molecule has 0 N–H and O–H groups in total. The summed E-state index contributed by atoms with van der Waals surface area (Å²) in [6.45, 7) is 10.1. The van der Waals surface area contributed by atoms with Gasteiger partial charge >= 0.3 is 0 Å². The SMILES string of the molecule is CC(C)N1CCN(CC2=CCCC=C2Oc2cccnc2)CC1. The van der Waals surface area contributed by atoms with E-state index < -0.39 is 0 Å². The van der Waals surface area contributed by atoms with Crippen molar-refractivity contribution in [1.82, 2.24) is 14.8 Å². The van der Waals surface area contributed by atoms with E-state index in [9.17, 15) is 0 Å². The van der Waals surface area contributed by atoms with Crippen molar-refractivity contribution in [2.45, 2.75) is 32.7 Å². The Balaban J connectivity index is 1.58. The predicted octanol–water partition coefficient (Wildman–Crippen LogP) is 3.09. The van der Waals surface area contributed by atoms with Crippen LogP contribution in [0.5, 0.6) is 5.75 Å². The molecule has 1 aromatic heterocycles. The van der Waals surface area contributed by atoms with Crippen molar-refractivity contribution in [2.75, 3.05) is 32.7 Å². The summed E-state index contributed by atoms with van der Waals surface area (Å²) in [7, 11) is 0. The maximum Gasteiger partial charge on any atom is 0.145 e. The zero-order chi connectivity index (χ0) is 16.1. The minimum absolute atomic E-state index is 0.649. The number of hydrogen-bond donors (Lipinski definition) is 0. The van der Waals surface area contributed by atoms with E-state index in [0.29, 0.717) is 6.04 Å². The number of allylic oxidation sites excluding steroid dienone is 2. The smallest absolute Gasteiger partial charge is 0.145 e. The second-order valence-corrected chi connectivity index (χ2v) is 6.57. The lowest BCUT2D eigenvalue weighted by Gasteiger charge is -2.37. The summed E-state index contributed by atoms with van der Waals surface area (Å²) in [5.41, 5.74) is 1.32. The molecule has 0 radical (unpaired) electrons. The molecule has 3 rings (SSSR count). The molecule has 1 fully saturated rings. The molecule has 124 valence electrons. The number of nitrogens with zero attached hydrogens (tertiary/aromatic N) is 3. The van der Waals surface area contributed by atoms with Crippen LogP contribution in [0, 0.1) is 0 Å². The Kier molecular flexibility index (Phi) is 5.47. The van der Waals surface area contributed by atoms with Gasteiger partial charge in [0.25, 0.3) is 0 Å². The lowest BCUT2D eigenvalue weighted by molar-refractivity contribution is 0.114. The van der Waals surface area contributed by atoms with Gasteiger partial charge in [0.15, 0.2) is 0 Å². The fourth-order valence-electron chi connectivity index (χ4n) is 3.17. The summed E-state index contributed by atoms with van der Waals surface area (Å²) >= 11 is 0. The fraction of sp³-hybridized carbons (Fsp3) is 0.526. The Morgan fingerprint density at radius 2 is 1.91 bits per heavy atom. The van der Waals surface area contributed by atoms with E-state index in [0.717, 1.165) is 57.1 Å². The predicted molar refractivity (Wildman–Crippen MR) is 93.4 cm³/mol. The van der Waals surface area contributed by atoms with Gasteiger partial charge in [0.05, 0.1) is 6.20 Å². The summed E-state index contributed by atoms with van der Waals surface area (Å²) in [6, 6.07) is 4.52. The van der Waals surface area contributed by atoms with E-state index in [1.165, 1.54) is 5.57 Å². The molecule has 0 atom stereocenters. The highest BCUT2D eigenvalue weighted by molar-refractivity contribution is 5.34. The highest BCUT2D eigenvalue weighted by Crippen LogP contribution is 2.24. The maximum absolute atomic E-state index is 6.06. The molecular formula is C19H27N3O. The summed E-state index contributed by atoms with van der Waals surface area (Å²) in [5.74, 6) is 1.83. The van der Waals surface area contributed by atoms with E-state index in [1.807, 2.05) is 12.1 Å². The molecule has 0 amide bonds. The van der Waals surface area contributed by atoms with Crippen molar-refractivity contribution in [2.24, 2.45) is 0 Å². The molecule has 1 aliphatic heterocycles. The van der Waals surface area contributed by atoms with E-state index in [2.05, 4.69) is 40.8 Å². The molecule has 23 heavy (non-hydrogen) atoms. The van der Waals surface area contributed by atoms with Gasteiger partial charge in [-0.05, 0) is 44.9 Å². The van der Waals surface area contributed by atoms with Crippen LogP contribution in [0.15, 0.2) is 48.0 Å². The molecule has 4 heteroatoms. The highest BCUT2D eigenvalue weighted by atomic mass is 16.5. The highest BCUT2D eigenvalue weighted by Gasteiger charge is 2.21. The zero-order valence-corrected chi connectivity index (χ0v) is 14.2. The van der Waals surface area contributed by atoms with Crippen LogP contribution < -0.4 is 4.74 Å². The normalized spacial score (nSPS) is 20.3. The van der Waals surface area contributed by atoms with Gasteiger partial charge in [-0.1, -0.05) is 6.08 Å². The molecule has 0 saturated carbocycles. The van der Waals surface area contributed by atoms with Gasteiger partial charge in [-0.3, -0.25) is 14.8 Å². The van der Waals surface area contributed by atoms with Gasteiger partial charge in [-0.15, -0.1) is 0 Å². The second kappa shape index (κ2) is 7.75. The monoisotopic (exact) mass is 313 g/mol. The Bertz CT molecular complexity index is 557. The molecule has 0 aromatic carbocycles. The topological polar surface area (TPSA) is 28.6 Å². The summed E-state index contributed by atoms with van der Waals surface area (Å²) < 4.78 is 6.06. The minimum Gasteiger partial charge on any atom is -0.456 e. The Hall–Kier alpha value is -1.65. The molecule has 2 heterocycles. The molecule has 4 nitrogen and oxygen atoms in total. The van der Waals surface area contributed by atoms with E-state index >= 15 is 0 Å². The molecule has 0 bridgehead atoms. The largest absolute Gasteiger partial charge is 0.456 e. The number of rotatable bonds is 5. The molecule has 1 aromatic rings. The van der Waals surface area contributed by atoms with Crippen molar-refractivity contribution in [3.63, 3.8) is 0 Å². The van der Waals surface area contributed by atoms with Crippen LogP contribution in [0.25, 0.3) is 0 Å². The third kappa shape index (κ3) is 4.43. The first-order valence-electron chi connectivity index (χ1n) is 8.66. The first-order chi connectivity index (χ1) is 11.2. The van der Waals surface area contributed by atoms with E-state index in [4.69, 9.17) is 4.74 Å². The fourth-order valence-corrected chi connectivity index (χ4v) is 3.17. The summed E-state index contributed by atoms with van der Waals surface area (Å²) in [5, 5.41) is 0. The average molecular weight is 313 g/mol. The first-order valence-corrected chi connectivity index (χ1v) is 8.66. The Morgan fingerprint density at radius 3 is 2.61 bits per heavy atom. The number of piperazine rings is 1. The zero-order valence-electron chi connectivity index (χ0n) is 14.2. The summed E-state index contributed by atoms with van der Waals surface area (Å²) in [4.78, 5) is 9.22. The van der Waals surface area contributed by atoms with Crippen LogP contribution in [-0.2, 0) is 0 Å². The van der Waals surface area contributed by atoms with Gasteiger partial charge in [0, 0.05) is 50.5 Å². The number of hydrogen-bond acceptors (Lipinski definition) is 4. The van der Waals surface area contributed by atoms with Crippen molar-refractivity contribution in [3.8, 4) is 5.75 Å². The molecular weight excluding hydrogens is 286 g/mol. The van der Waals surface area contributed by atoms with Crippen LogP contribution in [0.3, 0.4) is 0 Å². The van der Waals surface area contributed by atoms with Crippen molar-refractivity contribution in [1.29, 1.82) is 0 Å². The molecule has 2 aliphatic rings. The van der Waals surface area contributed by atoms with Gasteiger partial charge < -0.3 is 4.74 Å².